The van der Waals surface area contributed by atoms with Crippen LogP contribution in [0.1, 0.15) is 28.2 Å². The Kier molecular flexibility index (Phi) is 4.90. The molecule has 0 radical (unpaired) electrons. The molecule has 0 saturated heterocycles. The monoisotopic (exact) mass is 273 g/mol. The van der Waals surface area contributed by atoms with Gasteiger partial charge in [0.2, 0.25) is 0 Å². The second kappa shape index (κ2) is 6.86. The van der Waals surface area contributed by atoms with E-state index in [1.54, 1.807) is 17.9 Å². The molecule has 0 spiro atoms. The number of benzene rings is 1. The van der Waals surface area contributed by atoms with E-state index in [4.69, 9.17) is 10.3 Å². The largest absolute Gasteiger partial charge is 0.361 e. The van der Waals surface area contributed by atoms with Crippen molar-refractivity contribution in [3.8, 4) is 0 Å². The van der Waals surface area contributed by atoms with Crippen LogP contribution in [-0.2, 0) is 6.54 Å². The topological polar surface area (TPSA) is 72.4 Å². The summed E-state index contributed by atoms with van der Waals surface area (Å²) in [6, 6.07) is 11.5. The van der Waals surface area contributed by atoms with Crippen LogP contribution in [0.15, 0.2) is 40.9 Å². The van der Waals surface area contributed by atoms with Gasteiger partial charge in [-0.3, -0.25) is 4.79 Å². The summed E-state index contributed by atoms with van der Waals surface area (Å²) < 4.78 is 4.97. The van der Waals surface area contributed by atoms with Crippen LogP contribution in [-0.4, -0.2) is 29.1 Å². The molecule has 5 heteroatoms. The molecule has 0 aliphatic carbocycles. The first-order chi connectivity index (χ1) is 9.70. The van der Waals surface area contributed by atoms with Crippen molar-refractivity contribution in [1.29, 1.82) is 0 Å². The molecule has 0 aliphatic rings. The van der Waals surface area contributed by atoms with Crippen LogP contribution in [0, 0.1) is 6.92 Å². The summed E-state index contributed by atoms with van der Waals surface area (Å²) in [4.78, 5) is 14.2. The van der Waals surface area contributed by atoms with Gasteiger partial charge in [0.05, 0.1) is 0 Å². The lowest BCUT2D eigenvalue weighted by Gasteiger charge is -2.21. The molecule has 0 atom stereocenters. The summed E-state index contributed by atoms with van der Waals surface area (Å²) in [5.41, 5.74) is 6.97. The SMILES string of the molecule is Cc1cc(C(=O)N(CCCN)Cc2ccccc2)no1. The van der Waals surface area contributed by atoms with Crippen LogP contribution >= 0.6 is 0 Å². The average Bonchev–Trinajstić information content (AvgIpc) is 2.90. The van der Waals surface area contributed by atoms with E-state index in [2.05, 4.69) is 5.16 Å². The molecule has 1 aromatic carbocycles. The van der Waals surface area contributed by atoms with Crippen molar-refractivity contribution in [1.82, 2.24) is 10.1 Å². The third-order valence-corrected chi connectivity index (χ3v) is 2.98. The normalized spacial score (nSPS) is 10.5. The van der Waals surface area contributed by atoms with Gasteiger partial charge in [-0.2, -0.15) is 0 Å². The zero-order valence-electron chi connectivity index (χ0n) is 11.6. The first-order valence-corrected chi connectivity index (χ1v) is 6.67. The highest BCUT2D eigenvalue weighted by Crippen LogP contribution is 2.11. The second-order valence-electron chi connectivity index (χ2n) is 4.68. The number of rotatable bonds is 6. The number of amides is 1. The molecule has 106 valence electrons. The van der Waals surface area contributed by atoms with Crippen molar-refractivity contribution in [2.75, 3.05) is 13.1 Å². The molecular weight excluding hydrogens is 254 g/mol. The van der Waals surface area contributed by atoms with Gasteiger partial charge in [-0.15, -0.1) is 0 Å². The Morgan fingerprint density at radius 3 is 2.70 bits per heavy atom. The number of carbonyl (C=O) groups is 1. The maximum Gasteiger partial charge on any atom is 0.276 e. The lowest BCUT2D eigenvalue weighted by atomic mass is 10.2. The number of hydrogen-bond donors (Lipinski definition) is 1. The van der Waals surface area contributed by atoms with Crippen LogP contribution in [0.4, 0.5) is 0 Å². The van der Waals surface area contributed by atoms with Crippen molar-refractivity contribution >= 4 is 5.91 Å². The lowest BCUT2D eigenvalue weighted by Crippen LogP contribution is -2.32. The second-order valence-corrected chi connectivity index (χ2v) is 4.68. The third-order valence-electron chi connectivity index (χ3n) is 2.98. The van der Waals surface area contributed by atoms with Crippen LogP contribution in [0.3, 0.4) is 0 Å². The summed E-state index contributed by atoms with van der Waals surface area (Å²) in [6.07, 6.45) is 0.759. The maximum absolute atomic E-state index is 12.4. The van der Waals surface area contributed by atoms with Gasteiger partial charge in [0.1, 0.15) is 5.76 Å². The fourth-order valence-corrected chi connectivity index (χ4v) is 1.97. The molecule has 2 N–H and O–H groups in total. The van der Waals surface area contributed by atoms with E-state index in [1.165, 1.54) is 0 Å². The minimum atomic E-state index is -0.126. The zero-order chi connectivity index (χ0) is 14.4. The van der Waals surface area contributed by atoms with Crippen molar-refractivity contribution in [2.24, 2.45) is 5.73 Å². The summed E-state index contributed by atoms with van der Waals surface area (Å²) in [6.45, 7) is 3.48. The Labute approximate surface area is 118 Å². The van der Waals surface area contributed by atoms with E-state index in [0.29, 0.717) is 31.1 Å². The van der Waals surface area contributed by atoms with E-state index in [9.17, 15) is 4.79 Å². The molecule has 0 aliphatic heterocycles. The van der Waals surface area contributed by atoms with Gasteiger partial charge in [0.25, 0.3) is 5.91 Å². The van der Waals surface area contributed by atoms with Crippen LogP contribution in [0.5, 0.6) is 0 Å². The highest BCUT2D eigenvalue weighted by molar-refractivity contribution is 5.92. The number of carbonyl (C=O) groups excluding carboxylic acids is 1. The molecule has 5 nitrogen and oxygen atoms in total. The highest BCUT2D eigenvalue weighted by atomic mass is 16.5. The highest BCUT2D eigenvalue weighted by Gasteiger charge is 2.19. The molecule has 2 aromatic rings. The van der Waals surface area contributed by atoms with Gasteiger partial charge in [-0.25, -0.2) is 0 Å². The smallest absolute Gasteiger partial charge is 0.276 e. The maximum atomic E-state index is 12.4. The van der Waals surface area contributed by atoms with Gasteiger partial charge < -0.3 is 15.2 Å². The molecule has 1 amide bonds. The molecule has 20 heavy (non-hydrogen) atoms. The predicted molar refractivity (Wildman–Crippen MR) is 76.1 cm³/mol. The average molecular weight is 273 g/mol. The van der Waals surface area contributed by atoms with Gasteiger partial charge in [0.15, 0.2) is 5.69 Å². The fraction of sp³-hybridized carbons (Fsp3) is 0.333. The molecule has 0 bridgehead atoms. The van der Waals surface area contributed by atoms with Crippen LogP contribution in [0.25, 0.3) is 0 Å². The van der Waals surface area contributed by atoms with Crippen molar-refractivity contribution < 1.29 is 9.32 Å². The number of nitrogens with zero attached hydrogens (tertiary/aromatic N) is 2. The Balaban J connectivity index is 2.12. The molecule has 2 rings (SSSR count). The standard InChI is InChI=1S/C15H19N3O2/c1-12-10-14(17-20-12)15(19)18(9-5-8-16)11-13-6-3-2-4-7-13/h2-4,6-7,10H,5,8-9,11,16H2,1H3. The van der Waals surface area contributed by atoms with Crippen molar-refractivity contribution in [2.45, 2.75) is 19.9 Å². The van der Waals surface area contributed by atoms with Crippen molar-refractivity contribution in [3.63, 3.8) is 0 Å². The fourth-order valence-electron chi connectivity index (χ4n) is 1.97. The van der Waals surface area contributed by atoms with Crippen LogP contribution < -0.4 is 5.73 Å². The quantitative estimate of drug-likeness (QED) is 0.873. The van der Waals surface area contributed by atoms with Crippen molar-refractivity contribution in [3.05, 3.63) is 53.4 Å². The number of nitrogens with two attached hydrogens (primary N) is 1. The van der Waals surface area contributed by atoms with Gasteiger partial charge in [-0.05, 0) is 25.5 Å². The van der Waals surface area contributed by atoms with E-state index < -0.39 is 0 Å². The third kappa shape index (κ3) is 3.68. The number of aromatic nitrogens is 1. The van der Waals surface area contributed by atoms with Gasteiger partial charge in [-0.1, -0.05) is 35.5 Å². The summed E-state index contributed by atoms with van der Waals surface area (Å²) >= 11 is 0. The minimum absolute atomic E-state index is 0.126. The molecule has 0 saturated carbocycles. The van der Waals surface area contributed by atoms with E-state index in [0.717, 1.165) is 12.0 Å². The summed E-state index contributed by atoms with van der Waals surface area (Å²) in [5, 5.41) is 3.79. The van der Waals surface area contributed by atoms with Crippen LogP contribution in [0.2, 0.25) is 0 Å². The Morgan fingerprint density at radius 2 is 2.10 bits per heavy atom. The van der Waals surface area contributed by atoms with E-state index in [1.807, 2.05) is 30.3 Å². The Bertz CT molecular complexity index is 551. The lowest BCUT2D eigenvalue weighted by molar-refractivity contribution is 0.0731. The molecular formula is C15H19N3O2. The molecule has 0 unspecified atom stereocenters. The summed E-state index contributed by atoms with van der Waals surface area (Å²) in [7, 11) is 0. The van der Waals surface area contributed by atoms with Gasteiger partial charge in [0, 0.05) is 19.2 Å². The van der Waals surface area contributed by atoms with E-state index in [-0.39, 0.29) is 5.91 Å². The number of hydrogen-bond acceptors (Lipinski definition) is 4. The zero-order valence-corrected chi connectivity index (χ0v) is 11.6. The Hall–Kier alpha value is -2.14. The first kappa shape index (κ1) is 14.3. The minimum Gasteiger partial charge on any atom is -0.361 e. The predicted octanol–water partition coefficient (Wildman–Crippen LogP) is 1.97. The Morgan fingerprint density at radius 1 is 1.35 bits per heavy atom. The molecule has 1 heterocycles. The van der Waals surface area contributed by atoms with Gasteiger partial charge >= 0.3 is 0 Å². The molecule has 1 aromatic heterocycles. The molecule has 0 fully saturated rings. The first-order valence-electron chi connectivity index (χ1n) is 6.67. The number of aryl methyl sites for hydroxylation is 1. The summed E-state index contributed by atoms with van der Waals surface area (Å²) in [5.74, 6) is 0.506. The van der Waals surface area contributed by atoms with E-state index >= 15 is 0 Å².